The Kier molecular flexibility index (Phi) is 5.12. The van der Waals surface area contributed by atoms with Crippen molar-refractivity contribution in [2.75, 3.05) is 0 Å². The highest BCUT2D eigenvalue weighted by Crippen LogP contribution is 2.17. The van der Waals surface area contributed by atoms with Crippen LogP contribution in [0.4, 0.5) is 0 Å². The van der Waals surface area contributed by atoms with Crippen LogP contribution in [0.2, 0.25) is 0 Å². The first kappa shape index (κ1) is 15.7. The first-order valence-electron chi connectivity index (χ1n) is 7.70. The lowest BCUT2D eigenvalue weighted by Crippen LogP contribution is -2.23. The third-order valence-electron chi connectivity index (χ3n) is 3.70. The average molecular weight is 290 g/mol. The molecule has 6 heteroatoms. The molecular formula is C15H26N6. The van der Waals surface area contributed by atoms with Gasteiger partial charge in [0.15, 0.2) is 0 Å². The van der Waals surface area contributed by atoms with Gasteiger partial charge in [0.1, 0.15) is 18.7 Å². The van der Waals surface area contributed by atoms with Gasteiger partial charge < -0.3 is 5.32 Å². The van der Waals surface area contributed by atoms with Gasteiger partial charge in [-0.05, 0) is 12.8 Å². The summed E-state index contributed by atoms with van der Waals surface area (Å²) >= 11 is 0. The zero-order valence-corrected chi connectivity index (χ0v) is 13.7. The predicted octanol–water partition coefficient (Wildman–Crippen LogP) is 1.68. The summed E-state index contributed by atoms with van der Waals surface area (Å²) in [6.45, 7) is 10.2. The largest absolute Gasteiger partial charge is 0.310 e. The smallest absolute Gasteiger partial charge is 0.148 e. The van der Waals surface area contributed by atoms with E-state index in [1.807, 2.05) is 7.05 Å². The van der Waals surface area contributed by atoms with E-state index in [4.69, 9.17) is 5.10 Å². The molecule has 0 aromatic carbocycles. The van der Waals surface area contributed by atoms with E-state index in [9.17, 15) is 0 Å². The molecule has 21 heavy (non-hydrogen) atoms. The standard InChI is InChI=1S/C15H26N6/c1-6-13-12(8-16-11(3)4)14(7-2)21(19-13)9-15-17-10-18-20(15)5/h10-11,16H,6-9H2,1-5H3. The van der Waals surface area contributed by atoms with Crippen molar-refractivity contribution in [3.05, 3.63) is 29.1 Å². The molecular weight excluding hydrogens is 264 g/mol. The molecule has 0 radical (unpaired) electrons. The molecule has 0 aliphatic rings. The van der Waals surface area contributed by atoms with E-state index in [1.54, 1.807) is 11.0 Å². The lowest BCUT2D eigenvalue weighted by atomic mass is 10.1. The molecule has 2 aromatic heterocycles. The fourth-order valence-electron chi connectivity index (χ4n) is 2.51. The molecule has 0 saturated carbocycles. The summed E-state index contributed by atoms with van der Waals surface area (Å²) in [5.41, 5.74) is 3.82. The summed E-state index contributed by atoms with van der Waals surface area (Å²) in [4.78, 5) is 4.30. The van der Waals surface area contributed by atoms with Crippen molar-refractivity contribution >= 4 is 0 Å². The highest BCUT2D eigenvalue weighted by atomic mass is 15.4. The predicted molar refractivity (Wildman–Crippen MR) is 83.1 cm³/mol. The first-order valence-corrected chi connectivity index (χ1v) is 7.70. The minimum absolute atomic E-state index is 0.474. The van der Waals surface area contributed by atoms with Gasteiger partial charge >= 0.3 is 0 Å². The van der Waals surface area contributed by atoms with E-state index >= 15 is 0 Å². The molecule has 2 rings (SSSR count). The molecule has 1 N–H and O–H groups in total. The first-order chi connectivity index (χ1) is 10.1. The normalized spacial score (nSPS) is 11.5. The topological polar surface area (TPSA) is 60.6 Å². The molecule has 0 spiro atoms. The molecule has 0 aliphatic heterocycles. The minimum Gasteiger partial charge on any atom is -0.310 e. The maximum atomic E-state index is 4.79. The van der Waals surface area contributed by atoms with E-state index in [0.29, 0.717) is 12.6 Å². The summed E-state index contributed by atoms with van der Waals surface area (Å²) in [5, 5.41) is 12.4. The second kappa shape index (κ2) is 6.85. The van der Waals surface area contributed by atoms with Gasteiger partial charge in [-0.1, -0.05) is 27.7 Å². The Morgan fingerprint density at radius 3 is 2.52 bits per heavy atom. The molecule has 0 bridgehead atoms. The highest BCUT2D eigenvalue weighted by molar-refractivity contribution is 5.27. The molecule has 6 nitrogen and oxygen atoms in total. The molecule has 0 amide bonds. The van der Waals surface area contributed by atoms with Crippen molar-refractivity contribution in [3.63, 3.8) is 0 Å². The highest BCUT2D eigenvalue weighted by Gasteiger charge is 2.16. The van der Waals surface area contributed by atoms with Crippen molar-refractivity contribution in [1.82, 2.24) is 29.9 Å². The van der Waals surface area contributed by atoms with Gasteiger partial charge in [-0.15, -0.1) is 0 Å². The number of aromatic nitrogens is 5. The van der Waals surface area contributed by atoms with Crippen molar-refractivity contribution in [3.8, 4) is 0 Å². The number of nitrogens with zero attached hydrogens (tertiary/aromatic N) is 5. The van der Waals surface area contributed by atoms with Crippen LogP contribution in [0.1, 0.15) is 50.5 Å². The van der Waals surface area contributed by atoms with E-state index in [0.717, 1.165) is 25.2 Å². The van der Waals surface area contributed by atoms with E-state index in [2.05, 4.69) is 47.8 Å². The minimum atomic E-state index is 0.474. The van der Waals surface area contributed by atoms with Gasteiger partial charge in [0, 0.05) is 30.9 Å². The van der Waals surface area contributed by atoms with Gasteiger partial charge in [0.05, 0.1) is 5.69 Å². The molecule has 2 aromatic rings. The molecule has 116 valence electrons. The molecule has 0 aliphatic carbocycles. The second-order valence-corrected chi connectivity index (χ2v) is 5.57. The van der Waals surface area contributed by atoms with Crippen LogP contribution >= 0.6 is 0 Å². The van der Waals surface area contributed by atoms with E-state index in [1.165, 1.54) is 17.0 Å². The van der Waals surface area contributed by atoms with Gasteiger partial charge in [0.2, 0.25) is 0 Å². The van der Waals surface area contributed by atoms with Gasteiger partial charge in [-0.3, -0.25) is 9.36 Å². The van der Waals surface area contributed by atoms with Gasteiger partial charge in [-0.2, -0.15) is 10.2 Å². The Balaban J connectivity index is 2.31. The SMILES string of the molecule is CCc1nn(Cc2ncnn2C)c(CC)c1CNC(C)C. The Bertz CT molecular complexity index is 581. The van der Waals surface area contributed by atoms with Crippen LogP contribution in [0, 0.1) is 0 Å². The number of hydrogen-bond acceptors (Lipinski definition) is 4. The summed E-state index contributed by atoms with van der Waals surface area (Å²) in [6, 6.07) is 0.474. The fourth-order valence-corrected chi connectivity index (χ4v) is 2.51. The maximum absolute atomic E-state index is 4.79. The van der Waals surface area contributed by atoms with Gasteiger partial charge in [0.25, 0.3) is 0 Å². The van der Waals surface area contributed by atoms with Crippen LogP contribution in [0.3, 0.4) is 0 Å². The van der Waals surface area contributed by atoms with E-state index in [-0.39, 0.29) is 0 Å². The van der Waals surface area contributed by atoms with Gasteiger partial charge in [-0.25, -0.2) is 4.98 Å². The zero-order valence-electron chi connectivity index (χ0n) is 13.7. The molecule has 2 heterocycles. The molecule has 0 unspecified atom stereocenters. The van der Waals surface area contributed by atoms with E-state index < -0.39 is 0 Å². The summed E-state index contributed by atoms with van der Waals surface area (Å²) in [6.07, 6.45) is 3.51. The number of aryl methyl sites for hydroxylation is 2. The molecule has 0 fully saturated rings. The third kappa shape index (κ3) is 3.50. The van der Waals surface area contributed by atoms with Crippen LogP contribution in [0.15, 0.2) is 6.33 Å². The maximum Gasteiger partial charge on any atom is 0.148 e. The van der Waals surface area contributed by atoms with Crippen LogP contribution in [0.25, 0.3) is 0 Å². The van der Waals surface area contributed by atoms with Crippen LogP contribution in [0.5, 0.6) is 0 Å². The number of hydrogen-bond donors (Lipinski definition) is 1. The van der Waals surface area contributed by atoms with Crippen LogP contribution < -0.4 is 5.32 Å². The average Bonchev–Trinajstić information content (AvgIpc) is 3.00. The summed E-state index contributed by atoms with van der Waals surface area (Å²) in [5.74, 6) is 0.929. The number of rotatable bonds is 7. The fraction of sp³-hybridized carbons (Fsp3) is 0.667. The lowest BCUT2D eigenvalue weighted by Gasteiger charge is -2.10. The van der Waals surface area contributed by atoms with Crippen LogP contribution in [-0.2, 0) is 33.0 Å². The Labute approximate surface area is 126 Å². The van der Waals surface area contributed by atoms with Crippen molar-refractivity contribution in [2.24, 2.45) is 7.05 Å². The van der Waals surface area contributed by atoms with Crippen molar-refractivity contribution in [1.29, 1.82) is 0 Å². The molecule has 0 saturated heterocycles. The Morgan fingerprint density at radius 1 is 1.24 bits per heavy atom. The second-order valence-electron chi connectivity index (χ2n) is 5.57. The Morgan fingerprint density at radius 2 is 2.00 bits per heavy atom. The number of nitrogens with one attached hydrogen (secondary N) is 1. The zero-order chi connectivity index (χ0) is 15.4. The lowest BCUT2D eigenvalue weighted by molar-refractivity contribution is 0.572. The summed E-state index contributed by atoms with van der Waals surface area (Å²) < 4.78 is 3.89. The van der Waals surface area contributed by atoms with Crippen molar-refractivity contribution < 1.29 is 0 Å². The summed E-state index contributed by atoms with van der Waals surface area (Å²) in [7, 11) is 1.92. The van der Waals surface area contributed by atoms with Crippen LogP contribution in [-0.4, -0.2) is 30.6 Å². The Hall–Kier alpha value is -1.69. The van der Waals surface area contributed by atoms with Crippen molar-refractivity contribution in [2.45, 2.75) is 59.7 Å². The third-order valence-corrected chi connectivity index (χ3v) is 3.70. The monoisotopic (exact) mass is 290 g/mol. The quantitative estimate of drug-likeness (QED) is 0.843. The molecule has 0 atom stereocenters.